The fourth-order valence-electron chi connectivity index (χ4n) is 3.86. The van der Waals surface area contributed by atoms with E-state index < -0.39 is 0 Å². The van der Waals surface area contributed by atoms with Crippen LogP contribution >= 0.6 is 0 Å². The van der Waals surface area contributed by atoms with Gasteiger partial charge in [-0.3, -0.25) is 4.90 Å². The topological polar surface area (TPSA) is 24.9 Å². The molecule has 1 spiro atoms. The van der Waals surface area contributed by atoms with E-state index in [0.717, 1.165) is 32.7 Å². The van der Waals surface area contributed by atoms with Crippen LogP contribution in [0.3, 0.4) is 0 Å². The molecule has 0 bridgehead atoms. The molecule has 0 saturated carbocycles. The lowest BCUT2D eigenvalue weighted by atomic mass is 10.00. The standard InChI is InChI=1S/C10H19NO.C10H23NO.C3H8/c1-2-11-8-5-7-10(11)6-3-4-9-12-10;1-4-5-6-8-11(2)9-7-10-12-3;1-3-2/h2-9H2,1H3;4-10H2,1-3H3;3H2,1-2H3. The number of ether oxygens (including phenoxy) is 2. The van der Waals surface area contributed by atoms with Crippen LogP contribution in [0.1, 0.15) is 91.9 Å². The molecule has 1 unspecified atom stereocenters. The summed E-state index contributed by atoms with van der Waals surface area (Å²) in [5, 5.41) is 0. The molecule has 164 valence electrons. The first kappa shape index (κ1) is 26.8. The largest absolute Gasteiger partial charge is 0.385 e. The molecule has 0 N–H and O–H groups in total. The predicted octanol–water partition coefficient (Wildman–Crippen LogP) is 5.56. The maximum atomic E-state index is 5.96. The van der Waals surface area contributed by atoms with E-state index in [-0.39, 0.29) is 5.72 Å². The molecule has 2 aliphatic heterocycles. The van der Waals surface area contributed by atoms with Crippen LogP contribution in [0.4, 0.5) is 0 Å². The van der Waals surface area contributed by atoms with Gasteiger partial charge in [-0.2, -0.15) is 0 Å². The first-order valence-corrected chi connectivity index (χ1v) is 11.7. The SMILES string of the molecule is CCC.CCCCCN(C)CCCOC.CCN1CCCC12CCCCO2. The summed E-state index contributed by atoms with van der Waals surface area (Å²) in [7, 11) is 3.95. The Kier molecular flexibility index (Phi) is 17.8. The van der Waals surface area contributed by atoms with Crippen molar-refractivity contribution in [1.29, 1.82) is 0 Å². The van der Waals surface area contributed by atoms with E-state index in [4.69, 9.17) is 9.47 Å². The molecule has 0 aliphatic carbocycles. The summed E-state index contributed by atoms with van der Waals surface area (Å²) < 4.78 is 10.9. The van der Waals surface area contributed by atoms with Crippen molar-refractivity contribution in [2.45, 2.75) is 97.6 Å². The molecule has 27 heavy (non-hydrogen) atoms. The molecule has 4 nitrogen and oxygen atoms in total. The van der Waals surface area contributed by atoms with Gasteiger partial charge in [0, 0.05) is 33.4 Å². The third-order valence-electron chi connectivity index (χ3n) is 5.32. The Bertz CT molecular complexity index is 297. The summed E-state index contributed by atoms with van der Waals surface area (Å²) in [6.07, 6.45) is 12.9. The summed E-state index contributed by atoms with van der Waals surface area (Å²) in [4.78, 5) is 4.90. The third-order valence-corrected chi connectivity index (χ3v) is 5.32. The van der Waals surface area contributed by atoms with Gasteiger partial charge in [0.05, 0.1) is 0 Å². The lowest BCUT2D eigenvalue weighted by Gasteiger charge is -2.40. The number of nitrogens with zero attached hydrogens (tertiary/aromatic N) is 2. The zero-order chi connectivity index (χ0) is 20.4. The van der Waals surface area contributed by atoms with Gasteiger partial charge in [0.25, 0.3) is 0 Å². The van der Waals surface area contributed by atoms with E-state index >= 15 is 0 Å². The summed E-state index contributed by atoms with van der Waals surface area (Å²) in [5.41, 5.74) is 0.174. The Morgan fingerprint density at radius 2 is 1.63 bits per heavy atom. The lowest BCUT2D eigenvalue weighted by Crippen LogP contribution is -2.48. The molecule has 4 heteroatoms. The minimum Gasteiger partial charge on any atom is -0.385 e. The van der Waals surface area contributed by atoms with Crippen molar-refractivity contribution in [2.24, 2.45) is 0 Å². The molecular weight excluding hydrogens is 336 g/mol. The molecule has 2 aliphatic rings. The summed E-state index contributed by atoms with van der Waals surface area (Å²) in [5.74, 6) is 0. The van der Waals surface area contributed by atoms with E-state index in [0.29, 0.717) is 0 Å². The Balaban J connectivity index is 0.000000438. The van der Waals surface area contributed by atoms with Gasteiger partial charge in [-0.25, -0.2) is 0 Å². The van der Waals surface area contributed by atoms with Crippen LogP contribution in [-0.2, 0) is 9.47 Å². The van der Waals surface area contributed by atoms with Crippen LogP contribution in [0, 0.1) is 0 Å². The number of unbranched alkanes of at least 4 members (excludes halogenated alkanes) is 2. The second kappa shape index (κ2) is 17.9. The monoisotopic (exact) mass is 386 g/mol. The average Bonchev–Trinajstić information content (AvgIpc) is 3.06. The normalized spacial score (nSPS) is 22.3. The minimum atomic E-state index is 0.174. The summed E-state index contributed by atoms with van der Waals surface area (Å²) in [6.45, 7) is 15.4. The molecule has 2 rings (SSSR count). The number of likely N-dealkylation sites (tertiary alicyclic amines) is 1. The van der Waals surface area contributed by atoms with Crippen molar-refractivity contribution in [2.75, 3.05) is 53.6 Å². The molecular formula is C23H50N2O2. The van der Waals surface area contributed by atoms with Gasteiger partial charge in [-0.05, 0) is 65.1 Å². The number of rotatable bonds is 9. The van der Waals surface area contributed by atoms with Crippen molar-refractivity contribution in [1.82, 2.24) is 9.80 Å². The Labute approximate surface area is 171 Å². The highest BCUT2D eigenvalue weighted by Gasteiger charge is 2.41. The van der Waals surface area contributed by atoms with Gasteiger partial charge >= 0.3 is 0 Å². The number of hydrogen-bond acceptors (Lipinski definition) is 4. The van der Waals surface area contributed by atoms with E-state index in [2.05, 4.69) is 44.5 Å². The van der Waals surface area contributed by atoms with E-state index in [9.17, 15) is 0 Å². The zero-order valence-electron chi connectivity index (χ0n) is 19.5. The number of hydrogen-bond donors (Lipinski definition) is 0. The average molecular weight is 387 g/mol. The zero-order valence-corrected chi connectivity index (χ0v) is 19.5. The Hall–Kier alpha value is -0.160. The highest BCUT2D eigenvalue weighted by atomic mass is 16.5. The van der Waals surface area contributed by atoms with E-state index in [1.807, 2.05) is 0 Å². The quantitative estimate of drug-likeness (QED) is 0.484. The van der Waals surface area contributed by atoms with E-state index in [1.165, 1.54) is 70.9 Å². The second-order valence-corrected chi connectivity index (χ2v) is 8.00. The van der Waals surface area contributed by atoms with Gasteiger partial charge in [0.15, 0.2) is 0 Å². The predicted molar refractivity (Wildman–Crippen MR) is 118 cm³/mol. The Morgan fingerprint density at radius 3 is 2.19 bits per heavy atom. The van der Waals surface area contributed by atoms with Crippen LogP contribution in [0.2, 0.25) is 0 Å². The maximum Gasteiger partial charge on any atom is 0.121 e. The van der Waals surface area contributed by atoms with E-state index in [1.54, 1.807) is 7.11 Å². The van der Waals surface area contributed by atoms with Gasteiger partial charge < -0.3 is 14.4 Å². The van der Waals surface area contributed by atoms with Crippen molar-refractivity contribution in [3.63, 3.8) is 0 Å². The van der Waals surface area contributed by atoms with Crippen LogP contribution in [0.15, 0.2) is 0 Å². The van der Waals surface area contributed by atoms with Gasteiger partial charge in [0.1, 0.15) is 5.72 Å². The van der Waals surface area contributed by atoms with Crippen molar-refractivity contribution >= 4 is 0 Å². The van der Waals surface area contributed by atoms with Crippen LogP contribution in [-0.4, -0.2) is 69.1 Å². The molecule has 2 fully saturated rings. The van der Waals surface area contributed by atoms with Crippen LogP contribution in [0.5, 0.6) is 0 Å². The van der Waals surface area contributed by atoms with Crippen LogP contribution in [0.25, 0.3) is 0 Å². The van der Waals surface area contributed by atoms with Crippen molar-refractivity contribution in [3.05, 3.63) is 0 Å². The molecule has 0 aromatic carbocycles. The highest BCUT2D eigenvalue weighted by Crippen LogP contribution is 2.37. The molecule has 0 amide bonds. The highest BCUT2D eigenvalue weighted by molar-refractivity contribution is 4.89. The third kappa shape index (κ3) is 12.1. The first-order chi connectivity index (χ1) is 13.1. The smallest absolute Gasteiger partial charge is 0.121 e. The molecule has 0 aromatic rings. The molecule has 0 aromatic heterocycles. The first-order valence-electron chi connectivity index (χ1n) is 11.7. The van der Waals surface area contributed by atoms with Gasteiger partial charge in [-0.15, -0.1) is 0 Å². The maximum absolute atomic E-state index is 5.96. The fraction of sp³-hybridized carbons (Fsp3) is 1.00. The summed E-state index contributed by atoms with van der Waals surface area (Å²) in [6, 6.07) is 0. The Morgan fingerprint density at radius 1 is 0.963 bits per heavy atom. The van der Waals surface area contributed by atoms with Crippen molar-refractivity contribution < 1.29 is 9.47 Å². The van der Waals surface area contributed by atoms with Gasteiger partial charge in [-0.1, -0.05) is 47.0 Å². The molecule has 2 heterocycles. The van der Waals surface area contributed by atoms with Crippen molar-refractivity contribution in [3.8, 4) is 0 Å². The minimum absolute atomic E-state index is 0.174. The van der Waals surface area contributed by atoms with Crippen LogP contribution < -0.4 is 0 Å². The van der Waals surface area contributed by atoms with Gasteiger partial charge in [0.2, 0.25) is 0 Å². The fourth-order valence-corrected chi connectivity index (χ4v) is 3.86. The summed E-state index contributed by atoms with van der Waals surface area (Å²) >= 11 is 0. The lowest BCUT2D eigenvalue weighted by molar-refractivity contribution is -0.158. The molecule has 0 radical (unpaired) electrons. The second-order valence-electron chi connectivity index (χ2n) is 8.00. The molecule has 2 saturated heterocycles. The molecule has 1 atom stereocenters. The number of methoxy groups -OCH3 is 1.